The highest BCUT2D eigenvalue weighted by atomic mass is 16.5. The van der Waals surface area contributed by atoms with Gasteiger partial charge in [-0.25, -0.2) is 0 Å². The number of anilines is 1. The molecule has 1 aliphatic rings. The molecule has 1 atom stereocenters. The van der Waals surface area contributed by atoms with E-state index < -0.39 is 0 Å². The number of nitrogens with one attached hydrogen (secondary N) is 1. The van der Waals surface area contributed by atoms with Crippen molar-refractivity contribution in [1.29, 1.82) is 0 Å². The zero-order chi connectivity index (χ0) is 18.2. The average Bonchev–Trinajstić information content (AvgIpc) is 2.62. The number of aliphatic imine (C=N–C) groups is 1. The smallest absolute Gasteiger partial charge is 0.193 e. The SMILES string of the molecule is COc1ccc(NC(N)=NCC(C2CCCCC2)N(C)C)cc1OC. The molecule has 1 aromatic carbocycles. The van der Waals surface area contributed by atoms with E-state index in [1.165, 1.54) is 32.1 Å². The fraction of sp³-hybridized carbons (Fsp3) is 0.632. The van der Waals surface area contributed by atoms with E-state index in [9.17, 15) is 0 Å². The van der Waals surface area contributed by atoms with Crippen LogP contribution in [0, 0.1) is 5.92 Å². The Morgan fingerprint density at radius 2 is 1.88 bits per heavy atom. The number of likely N-dealkylation sites (N-methyl/N-ethyl adjacent to an activating group) is 1. The van der Waals surface area contributed by atoms with Crippen molar-refractivity contribution in [3.8, 4) is 11.5 Å². The summed E-state index contributed by atoms with van der Waals surface area (Å²) in [6, 6.07) is 6.03. The lowest BCUT2D eigenvalue weighted by atomic mass is 9.83. The molecule has 25 heavy (non-hydrogen) atoms. The number of ether oxygens (including phenoxy) is 2. The topological polar surface area (TPSA) is 72.1 Å². The van der Waals surface area contributed by atoms with Crippen LogP contribution in [0.25, 0.3) is 0 Å². The number of nitrogens with zero attached hydrogens (tertiary/aromatic N) is 2. The summed E-state index contributed by atoms with van der Waals surface area (Å²) in [5.74, 6) is 2.48. The summed E-state index contributed by atoms with van der Waals surface area (Å²) in [4.78, 5) is 6.86. The van der Waals surface area contributed by atoms with Crippen LogP contribution in [0.3, 0.4) is 0 Å². The summed E-state index contributed by atoms with van der Waals surface area (Å²) in [5, 5.41) is 3.14. The lowest BCUT2D eigenvalue weighted by molar-refractivity contribution is 0.176. The van der Waals surface area contributed by atoms with E-state index in [-0.39, 0.29) is 0 Å². The Morgan fingerprint density at radius 1 is 1.20 bits per heavy atom. The summed E-state index contributed by atoms with van der Waals surface area (Å²) in [6.45, 7) is 0.712. The maximum absolute atomic E-state index is 6.09. The van der Waals surface area contributed by atoms with E-state index in [2.05, 4.69) is 29.3 Å². The Balaban J connectivity index is 1.99. The largest absolute Gasteiger partial charge is 0.493 e. The first-order valence-electron chi connectivity index (χ1n) is 9.00. The third-order valence-corrected chi connectivity index (χ3v) is 4.96. The fourth-order valence-corrected chi connectivity index (χ4v) is 3.55. The Hall–Kier alpha value is -1.95. The molecule has 6 heteroatoms. The lowest BCUT2D eigenvalue weighted by Crippen LogP contribution is -2.39. The lowest BCUT2D eigenvalue weighted by Gasteiger charge is -2.33. The van der Waals surface area contributed by atoms with Crippen molar-refractivity contribution in [2.45, 2.75) is 38.1 Å². The minimum Gasteiger partial charge on any atom is -0.493 e. The van der Waals surface area contributed by atoms with Gasteiger partial charge in [-0.1, -0.05) is 19.3 Å². The Bertz CT molecular complexity index is 569. The summed E-state index contributed by atoms with van der Waals surface area (Å²) in [6.07, 6.45) is 6.61. The zero-order valence-corrected chi connectivity index (χ0v) is 15.9. The van der Waals surface area contributed by atoms with Gasteiger partial charge in [0.1, 0.15) is 0 Å². The van der Waals surface area contributed by atoms with Gasteiger partial charge in [-0.15, -0.1) is 0 Å². The van der Waals surface area contributed by atoms with E-state index >= 15 is 0 Å². The molecule has 0 bridgehead atoms. The van der Waals surface area contributed by atoms with Crippen LogP contribution in [-0.4, -0.2) is 51.8 Å². The van der Waals surface area contributed by atoms with Gasteiger partial charge in [-0.05, 0) is 45.0 Å². The number of rotatable bonds is 7. The minimum absolute atomic E-state index is 0.426. The van der Waals surface area contributed by atoms with Crippen molar-refractivity contribution in [1.82, 2.24) is 4.90 Å². The molecule has 1 fully saturated rings. The molecule has 140 valence electrons. The monoisotopic (exact) mass is 348 g/mol. The van der Waals surface area contributed by atoms with Gasteiger partial charge in [-0.3, -0.25) is 4.99 Å². The third-order valence-electron chi connectivity index (χ3n) is 4.96. The summed E-state index contributed by atoms with van der Waals surface area (Å²) in [5.41, 5.74) is 6.93. The molecule has 1 aromatic rings. The Kier molecular flexibility index (Phi) is 7.37. The van der Waals surface area contributed by atoms with Crippen LogP contribution in [-0.2, 0) is 0 Å². The van der Waals surface area contributed by atoms with Crippen LogP contribution in [0.2, 0.25) is 0 Å². The molecular weight excluding hydrogens is 316 g/mol. The van der Waals surface area contributed by atoms with Gasteiger partial charge in [0.2, 0.25) is 0 Å². The predicted octanol–water partition coefficient (Wildman–Crippen LogP) is 2.94. The zero-order valence-electron chi connectivity index (χ0n) is 15.9. The molecule has 1 unspecified atom stereocenters. The highest BCUT2D eigenvalue weighted by molar-refractivity contribution is 5.92. The van der Waals surface area contributed by atoms with Crippen molar-refractivity contribution in [3.05, 3.63) is 18.2 Å². The normalized spacial score (nSPS) is 17.4. The molecule has 0 amide bonds. The molecular formula is C19H32N4O2. The van der Waals surface area contributed by atoms with E-state index in [1.807, 2.05) is 18.2 Å². The second-order valence-corrected chi connectivity index (χ2v) is 6.85. The van der Waals surface area contributed by atoms with Gasteiger partial charge in [0, 0.05) is 17.8 Å². The van der Waals surface area contributed by atoms with Gasteiger partial charge in [0.25, 0.3) is 0 Å². The van der Waals surface area contributed by atoms with Gasteiger partial charge in [0.15, 0.2) is 17.5 Å². The number of nitrogens with two attached hydrogens (primary N) is 1. The van der Waals surface area contributed by atoms with Crippen LogP contribution in [0.4, 0.5) is 5.69 Å². The van der Waals surface area contributed by atoms with Crippen molar-refractivity contribution in [2.75, 3.05) is 40.2 Å². The molecule has 0 aromatic heterocycles. The van der Waals surface area contributed by atoms with E-state index in [0.717, 1.165) is 5.69 Å². The van der Waals surface area contributed by atoms with E-state index in [4.69, 9.17) is 15.2 Å². The second-order valence-electron chi connectivity index (χ2n) is 6.85. The molecule has 0 saturated heterocycles. The third kappa shape index (κ3) is 5.53. The van der Waals surface area contributed by atoms with Crippen molar-refractivity contribution in [3.63, 3.8) is 0 Å². The van der Waals surface area contributed by atoms with Gasteiger partial charge >= 0.3 is 0 Å². The van der Waals surface area contributed by atoms with Crippen LogP contribution < -0.4 is 20.5 Å². The summed E-state index contributed by atoms with van der Waals surface area (Å²) < 4.78 is 10.6. The Morgan fingerprint density at radius 3 is 2.48 bits per heavy atom. The first-order chi connectivity index (χ1) is 12.0. The van der Waals surface area contributed by atoms with E-state index in [0.29, 0.717) is 36.0 Å². The maximum Gasteiger partial charge on any atom is 0.193 e. The molecule has 2 rings (SSSR count). The summed E-state index contributed by atoms with van der Waals surface area (Å²) >= 11 is 0. The van der Waals surface area contributed by atoms with Gasteiger partial charge in [-0.2, -0.15) is 0 Å². The van der Waals surface area contributed by atoms with Crippen LogP contribution in [0.1, 0.15) is 32.1 Å². The molecule has 6 nitrogen and oxygen atoms in total. The second kappa shape index (κ2) is 9.51. The van der Waals surface area contributed by atoms with Crippen LogP contribution in [0.5, 0.6) is 11.5 Å². The molecule has 0 aliphatic heterocycles. The standard InChI is InChI=1S/C19H32N4O2/c1-23(2)16(14-8-6-5-7-9-14)13-21-19(20)22-15-10-11-17(24-3)18(12-15)25-4/h10-12,14,16H,5-9,13H2,1-4H3,(H3,20,21,22). The van der Waals surface area contributed by atoms with Crippen LogP contribution in [0.15, 0.2) is 23.2 Å². The fourth-order valence-electron chi connectivity index (χ4n) is 3.55. The van der Waals surface area contributed by atoms with Crippen molar-refractivity contribution >= 4 is 11.6 Å². The molecule has 0 spiro atoms. The number of benzene rings is 1. The van der Waals surface area contributed by atoms with Gasteiger partial charge < -0.3 is 25.4 Å². The molecule has 1 saturated carbocycles. The van der Waals surface area contributed by atoms with Crippen molar-refractivity contribution in [2.24, 2.45) is 16.6 Å². The Labute approximate surface area is 151 Å². The highest BCUT2D eigenvalue weighted by Gasteiger charge is 2.25. The highest BCUT2D eigenvalue weighted by Crippen LogP contribution is 2.30. The van der Waals surface area contributed by atoms with Gasteiger partial charge in [0.05, 0.1) is 20.8 Å². The molecule has 1 aliphatic carbocycles. The number of hydrogen-bond donors (Lipinski definition) is 2. The van der Waals surface area contributed by atoms with Crippen LogP contribution >= 0.6 is 0 Å². The molecule has 0 radical (unpaired) electrons. The summed E-state index contributed by atoms with van der Waals surface area (Å²) in [7, 11) is 7.50. The van der Waals surface area contributed by atoms with Crippen molar-refractivity contribution < 1.29 is 9.47 Å². The first-order valence-corrected chi connectivity index (χ1v) is 9.00. The number of methoxy groups -OCH3 is 2. The number of hydrogen-bond acceptors (Lipinski definition) is 4. The quantitative estimate of drug-likeness (QED) is 0.585. The molecule has 0 heterocycles. The minimum atomic E-state index is 0.426. The first kappa shape index (κ1) is 19.4. The van der Waals surface area contributed by atoms with E-state index in [1.54, 1.807) is 14.2 Å². The average molecular weight is 348 g/mol. The number of guanidine groups is 1. The molecule has 3 N–H and O–H groups in total. The maximum atomic E-state index is 6.09. The predicted molar refractivity (Wildman–Crippen MR) is 104 cm³/mol.